The third kappa shape index (κ3) is 2.75. The van der Waals surface area contributed by atoms with Crippen LogP contribution in [0.1, 0.15) is 61.6 Å². The van der Waals surface area contributed by atoms with Crippen molar-refractivity contribution in [2.24, 2.45) is 17.3 Å². The molecule has 2 nitrogen and oxygen atoms in total. The smallest absolute Gasteiger partial charge is 0.393 e. The van der Waals surface area contributed by atoms with Crippen LogP contribution in [0.25, 0.3) is 0 Å². The van der Waals surface area contributed by atoms with Crippen molar-refractivity contribution in [3.8, 4) is 5.75 Å². The van der Waals surface area contributed by atoms with E-state index in [1.807, 2.05) is 0 Å². The van der Waals surface area contributed by atoms with E-state index in [4.69, 9.17) is 0 Å². The lowest BCUT2D eigenvalue weighted by Gasteiger charge is -2.50. The number of aryl methyl sites for hydroxylation is 1. The van der Waals surface area contributed by atoms with Crippen molar-refractivity contribution in [1.82, 2.24) is 0 Å². The number of aliphatic hydroxyl groups is 1. The number of benzene rings is 1. The lowest BCUT2D eigenvalue weighted by Crippen LogP contribution is -2.43. The Labute approximate surface area is 146 Å². The number of rotatable bonds is 1. The van der Waals surface area contributed by atoms with Gasteiger partial charge in [0.25, 0.3) is 0 Å². The van der Waals surface area contributed by atoms with Gasteiger partial charge in [0.1, 0.15) is 5.75 Å². The molecule has 2 N–H and O–H groups in total. The van der Waals surface area contributed by atoms with E-state index >= 15 is 0 Å². The fourth-order valence-corrected chi connectivity index (χ4v) is 5.99. The summed E-state index contributed by atoms with van der Waals surface area (Å²) in [5.74, 6) is 0.923. The van der Waals surface area contributed by atoms with E-state index in [-0.39, 0.29) is 28.7 Å². The summed E-state index contributed by atoms with van der Waals surface area (Å²) < 4.78 is 38.5. The van der Waals surface area contributed by atoms with Crippen LogP contribution >= 0.6 is 0 Å². The van der Waals surface area contributed by atoms with Crippen LogP contribution in [0.2, 0.25) is 0 Å². The predicted molar refractivity (Wildman–Crippen MR) is 88.5 cm³/mol. The van der Waals surface area contributed by atoms with Crippen molar-refractivity contribution < 1.29 is 23.4 Å². The first-order chi connectivity index (χ1) is 11.7. The SMILES string of the molecule is C[C@]12CC[C@@H]3c4cc(CC(F)(F)F)c(O)cc4CC[C@H]3[C@@H]1CC[C@@H]2O. The molecule has 0 amide bonds. The molecule has 3 aliphatic rings. The molecule has 0 aromatic heterocycles. The van der Waals surface area contributed by atoms with E-state index in [0.29, 0.717) is 11.8 Å². The van der Waals surface area contributed by atoms with Crippen LogP contribution in [-0.2, 0) is 12.8 Å². The Balaban J connectivity index is 1.69. The molecule has 2 fully saturated rings. The molecular weight excluding hydrogens is 329 g/mol. The summed E-state index contributed by atoms with van der Waals surface area (Å²) in [6.07, 6.45) is -0.146. The third-order valence-corrected chi connectivity index (χ3v) is 7.26. The molecule has 1 aromatic carbocycles. The second-order valence-electron chi connectivity index (χ2n) is 8.52. The van der Waals surface area contributed by atoms with Gasteiger partial charge in [-0.3, -0.25) is 0 Å². The number of aliphatic hydroxyl groups excluding tert-OH is 1. The number of alkyl halides is 3. The largest absolute Gasteiger partial charge is 0.508 e. The Kier molecular flexibility index (Phi) is 3.87. The lowest BCUT2D eigenvalue weighted by atomic mass is 9.55. The van der Waals surface area contributed by atoms with Crippen LogP contribution in [0.15, 0.2) is 12.1 Å². The van der Waals surface area contributed by atoms with Gasteiger partial charge in [0.2, 0.25) is 0 Å². The van der Waals surface area contributed by atoms with Gasteiger partial charge in [0.15, 0.2) is 0 Å². The average molecular weight is 354 g/mol. The molecule has 138 valence electrons. The maximum atomic E-state index is 12.8. The standard InChI is InChI=1S/C20H25F3O2/c1-19-7-6-13-14(16(19)4-5-18(19)25)3-2-11-9-17(24)12(8-15(11)13)10-20(21,22)23/h8-9,13-14,16,18,24-25H,2-7,10H2,1H3/t13-,14+,16-,18-,19-/m0/s1. The molecule has 0 spiro atoms. The van der Waals surface area contributed by atoms with Crippen molar-refractivity contribution >= 4 is 0 Å². The summed E-state index contributed by atoms with van der Waals surface area (Å²) in [6, 6.07) is 3.17. The molecule has 3 aliphatic carbocycles. The maximum Gasteiger partial charge on any atom is 0.393 e. The van der Waals surface area contributed by atoms with Gasteiger partial charge in [-0.1, -0.05) is 13.0 Å². The molecule has 0 unspecified atom stereocenters. The quantitative estimate of drug-likeness (QED) is 0.766. The molecule has 0 saturated heterocycles. The summed E-state index contributed by atoms with van der Waals surface area (Å²) in [5.41, 5.74) is 1.97. The highest BCUT2D eigenvalue weighted by Gasteiger charge is 2.54. The van der Waals surface area contributed by atoms with Crippen LogP contribution in [0.5, 0.6) is 5.75 Å². The number of aromatic hydroxyl groups is 1. The summed E-state index contributed by atoms with van der Waals surface area (Å²) in [6.45, 7) is 2.19. The molecule has 0 aliphatic heterocycles. The summed E-state index contributed by atoms with van der Waals surface area (Å²) in [5, 5.41) is 20.4. The van der Waals surface area contributed by atoms with E-state index in [0.717, 1.165) is 49.7 Å². The van der Waals surface area contributed by atoms with Crippen molar-refractivity contribution in [3.63, 3.8) is 0 Å². The first-order valence-corrected chi connectivity index (χ1v) is 9.28. The molecule has 4 rings (SSSR count). The van der Waals surface area contributed by atoms with E-state index in [2.05, 4.69) is 6.92 Å². The second-order valence-corrected chi connectivity index (χ2v) is 8.52. The zero-order valence-electron chi connectivity index (χ0n) is 14.4. The van der Waals surface area contributed by atoms with Gasteiger partial charge >= 0.3 is 6.18 Å². The number of hydrogen-bond acceptors (Lipinski definition) is 2. The zero-order valence-corrected chi connectivity index (χ0v) is 14.4. The Morgan fingerprint density at radius 3 is 2.64 bits per heavy atom. The minimum atomic E-state index is -4.32. The molecule has 5 heteroatoms. The molecule has 0 radical (unpaired) electrons. The van der Waals surface area contributed by atoms with Crippen molar-refractivity contribution in [2.45, 2.75) is 70.1 Å². The zero-order chi connectivity index (χ0) is 18.0. The first kappa shape index (κ1) is 17.2. The van der Waals surface area contributed by atoms with E-state index in [1.165, 1.54) is 0 Å². The highest BCUT2D eigenvalue weighted by Crippen LogP contribution is 2.61. The molecule has 2 saturated carbocycles. The van der Waals surface area contributed by atoms with Crippen molar-refractivity contribution in [3.05, 3.63) is 28.8 Å². The highest BCUT2D eigenvalue weighted by atomic mass is 19.4. The van der Waals surface area contributed by atoms with Gasteiger partial charge in [-0.2, -0.15) is 13.2 Å². The first-order valence-electron chi connectivity index (χ1n) is 9.28. The molecule has 0 bridgehead atoms. The molecule has 25 heavy (non-hydrogen) atoms. The van der Waals surface area contributed by atoms with Gasteiger partial charge in [-0.25, -0.2) is 0 Å². The number of phenolic OH excluding ortho intramolecular Hbond substituents is 1. The Morgan fingerprint density at radius 2 is 1.92 bits per heavy atom. The maximum absolute atomic E-state index is 12.8. The minimum Gasteiger partial charge on any atom is -0.508 e. The Morgan fingerprint density at radius 1 is 1.16 bits per heavy atom. The Hall–Kier alpha value is -1.23. The fourth-order valence-electron chi connectivity index (χ4n) is 5.99. The number of phenols is 1. The van der Waals surface area contributed by atoms with Gasteiger partial charge in [-0.15, -0.1) is 0 Å². The fraction of sp³-hybridized carbons (Fsp3) is 0.700. The highest BCUT2D eigenvalue weighted by molar-refractivity contribution is 5.46. The minimum absolute atomic E-state index is 0.00769. The third-order valence-electron chi connectivity index (χ3n) is 7.26. The summed E-state index contributed by atoms with van der Waals surface area (Å²) in [7, 11) is 0. The number of fused-ring (bicyclic) bond motifs is 5. The normalized spacial score (nSPS) is 37.3. The van der Waals surface area contributed by atoms with Crippen LogP contribution in [0, 0.1) is 17.3 Å². The van der Waals surface area contributed by atoms with E-state index < -0.39 is 12.6 Å². The van der Waals surface area contributed by atoms with E-state index in [1.54, 1.807) is 12.1 Å². The van der Waals surface area contributed by atoms with Crippen molar-refractivity contribution in [2.75, 3.05) is 0 Å². The van der Waals surface area contributed by atoms with Gasteiger partial charge in [0.05, 0.1) is 12.5 Å². The van der Waals surface area contributed by atoms with Crippen molar-refractivity contribution in [1.29, 1.82) is 0 Å². The summed E-state index contributed by atoms with van der Waals surface area (Å²) >= 11 is 0. The molecule has 0 heterocycles. The van der Waals surface area contributed by atoms with Crippen LogP contribution in [0.4, 0.5) is 13.2 Å². The monoisotopic (exact) mass is 354 g/mol. The molecule has 1 aromatic rings. The van der Waals surface area contributed by atoms with Crippen LogP contribution in [-0.4, -0.2) is 22.5 Å². The molecular formula is C20H25F3O2. The Bertz CT molecular complexity index is 684. The van der Waals surface area contributed by atoms with Crippen LogP contribution < -0.4 is 0 Å². The predicted octanol–water partition coefficient (Wildman–Crippen LogP) is 4.71. The average Bonchev–Trinajstić information content (AvgIpc) is 2.82. The molecule has 5 atom stereocenters. The second kappa shape index (κ2) is 5.63. The van der Waals surface area contributed by atoms with Gasteiger partial charge < -0.3 is 10.2 Å². The number of hydrogen-bond donors (Lipinski definition) is 2. The topological polar surface area (TPSA) is 40.5 Å². The van der Waals surface area contributed by atoms with Gasteiger partial charge in [0, 0.05) is 5.56 Å². The van der Waals surface area contributed by atoms with Gasteiger partial charge in [-0.05, 0) is 78.9 Å². The summed E-state index contributed by atoms with van der Waals surface area (Å²) in [4.78, 5) is 0. The van der Waals surface area contributed by atoms with Crippen LogP contribution in [0.3, 0.4) is 0 Å². The number of halogens is 3. The lowest BCUT2D eigenvalue weighted by molar-refractivity contribution is -0.127. The van der Waals surface area contributed by atoms with E-state index in [9.17, 15) is 23.4 Å².